The molecule has 0 saturated carbocycles. The Hall–Kier alpha value is -1.06. The molecular formula is C18H26N2O. The lowest BCUT2D eigenvalue weighted by atomic mass is 9.86. The van der Waals surface area contributed by atoms with E-state index in [0.29, 0.717) is 12.1 Å². The zero-order chi connectivity index (χ0) is 14.2. The van der Waals surface area contributed by atoms with Gasteiger partial charge >= 0.3 is 0 Å². The molecule has 2 saturated heterocycles. The Bertz CT molecular complexity index is 516. The molecule has 4 rings (SSSR count). The summed E-state index contributed by atoms with van der Waals surface area (Å²) in [6.07, 6.45) is 7.88. The first kappa shape index (κ1) is 13.6. The van der Waals surface area contributed by atoms with Gasteiger partial charge in [0.2, 0.25) is 0 Å². The number of hydrogen-bond donors (Lipinski definition) is 1. The van der Waals surface area contributed by atoms with Crippen LogP contribution in [0.2, 0.25) is 0 Å². The van der Waals surface area contributed by atoms with Crippen molar-refractivity contribution >= 4 is 0 Å². The summed E-state index contributed by atoms with van der Waals surface area (Å²) in [5, 5.41) is 4.00. The van der Waals surface area contributed by atoms with E-state index in [1.165, 1.54) is 62.7 Å². The lowest BCUT2D eigenvalue weighted by Gasteiger charge is -2.31. The molecule has 21 heavy (non-hydrogen) atoms. The van der Waals surface area contributed by atoms with Gasteiger partial charge in [0.05, 0.1) is 7.11 Å². The number of rotatable bonds is 3. The van der Waals surface area contributed by atoms with Gasteiger partial charge in [0.25, 0.3) is 0 Å². The van der Waals surface area contributed by atoms with E-state index >= 15 is 0 Å². The maximum absolute atomic E-state index is 5.43. The molecule has 1 aliphatic carbocycles. The fraction of sp³-hybridized carbons (Fsp3) is 0.667. The van der Waals surface area contributed by atoms with Gasteiger partial charge in [-0.05, 0) is 68.3 Å². The van der Waals surface area contributed by atoms with E-state index in [4.69, 9.17) is 4.74 Å². The molecule has 2 aliphatic heterocycles. The quantitative estimate of drug-likeness (QED) is 0.924. The average Bonchev–Trinajstić information content (AvgIpc) is 3.12. The molecule has 0 spiro atoms. The minimum absolute atomic E-state index is 0.523. The fourth-order valence-electron chi connectivity index (χ4n) is 4.61. The Morgan fingerprint density at radius 3 is 3.00 bits per heavy atom. The Kier molecular flexibility index (Phi) is 3.64. The Morgan fingerprint density at radius 2 is 2.10 bits per heavy atom. The van der Waals surface area contributed by atoms with Gasteiger partial charge in [-0.1, -0.05) is 6.07 Å². The second-order valence-electron chi connectivity index (χ2n) is 6.82. The Morgan fingerprint density at radius 1 is 1.14 bits per heavy atom. The van der Waals surface area contributed by atoms with E-state index < -0.39 is 0 Å². The first-order valence-electron chi connectivity index (χ1n) is 8.52. The van der Waals surface area contributed by atoms with Gasteiger partial charge in [0, 0.05) is 24.7 Å². The van der Waals surface area contributed by atoms with Crippen LogP contribution in [0, 0.1) is 0 Å². The number of ether oxygens (including phenoxy) is 1. The second-order valence-corrected chi connectivity index (χ2v) is 6.82. The normalized spacial score (nSPS) is 32.0. The molecule has 0 aromatic heterocycles. The molecule has 3 aliphatic rings. The van der Waals surface area contributed by atoms with Crippen molar-refractivity contribution in [2.75, 3.05) is 20.2 Å². The second kappa shape index (κ2) is 5.62. The van der Waals surface area contributed by atoms with Gasteiger partial charge in [0.1, 0.15) is 5.75 Å². The molecule has 0 bridgehead atoms. The minimum Gasteiger partial charge on any atom is -0.497 e. The topological polar surface area (TPSA) is 24.5 Å². The van der Waals surface area contributed by atoms with Crippen LogP contribution >= 0.6 is 0 Å². The maximum atomic E-state index is 5.43. The molecule has 2 fully saturated rings. The van der Waals surface area contributed by atoms with Crippen LogP contribution < -0.4 is 10.1 Å². The number of benzene rings is 1. The van der Waals surface area contributed by atoms with E-state index in [9.17, 15) is 0 Å². The Balaban J connectivity index is 1.54. The highest BCUT2D eigenvalue weighted by Gasteiger charge is 2.38. The van der Waals surface area contributed by atoms with Crippen LogP contribution in [-0.2, 0) is 6.42 Å². The van der Waals surface area contributed by atoms with Gasteiger partial charge in [-0.15, -0.1) is 0 Å². The predicted molar refractivity (Wildman–Crippen MR) is 84.8 cm³/mol. The number of nitrogens with one attached hydrogen (secondary N) is 1. The summed E-state index contributed by atoms with van der Waals surface area (Å²) in [6.45, 7) is 2.61. The first-order chi connectivity index (χ1) is 10.3. The lowest BCUT2D eigenvalue weighted by Crippen LogP contribution is -2.41. The summed E-state index contributed by atoms with van der Waals surface area (Å²) in [6, 6.07) is 8.63. The van der Waals surface area contributed by atoms with Crippen LogP contribution in [0.4, 0.5) is 0 Å². The fourth-order valence-corrected chi connectivity index (χ4v) is 4.61. The van der Waals surface area contributed by atoms with Crippen LogP contribution in [0.15, 0.2) is 18.2 Å². The van der Waals surface area contributed by atoms with Gasteiger partial charge < -0.3 is 10.1 Å². The van der Waals surface area contributed by atoms with E-state index in [0.717, 1.165) is 11.8 Å². The standard InChI is InChI=1S/C18H26N2O/c1-21-14-8-7-13-4-2-5-16(15(13)12-14)19-17-9-11-20-10-3-6-18(17)20/h7-8,12,16-19H,2-6,9-11H2,1H3. The number of nitrogens with zero attached hydrogens (tertiary/aromatic N) is 1. The molecule has 0 amide bonds. The van der Waals surface area contributed by atoms with E-state index in [2.05, 4.69) is 28.4 Å². The molecule has 2 heterocycles. The highest BCUT2D eigenvalue weighted by molar-refractivity contribution is 5.39. The summed E-state index contributed by atoms with van der Waals surface area (Å²) in [5.41, 5.74) is 3.00. The minimum atomic E-state index is 0.523. The van der Waals surface area contributed by atoms with E-state index in [1.807, 2.05) is 0 Å². The van der Waals surface area contributed by atoms with Crippen molar-refractivity contribution in [1.82, 2.24) is 10.2 Å². The molecule has 3 nitrogen and oxygen atoms in total. The molecule has 3 atom stereocenters. The van der Waals surface area contributed by atoms with Crippen LogP contribution in [-0.4, -0.2) is 37.2 Å². The van der Waals surface area contributed by atoms with Crippen molar-refractivity contribution in [1.29, 1.82) is 0 Å². The summed E-state index contributed by atoms with van der Waals surface area (Å²) in [4.78, 5) is 2.69. The van der Waals surface area contributed by atoms with Gasteiger partial charge in [-0.2, -0.15) is 0 Å². The van der Waals surface area contributed by atoms with E-state index in [-0.39, 0.29) is 0 Å². The van der Waals surface area contributed by atoms with Crippen molar-refractivity contribution in [3.05, 3.63) is 29.3 Å². The predicted octanol–water partition coefficient (Wildman–Crippen LogP) is 2.90. The van der Waals surface area contributed by atoms with Crippen molar-refractivity contribution in [3.8, 4) is 5.75 Å². The SMILES string of the molecule is COc1ccc2c(c1)C(NC1CCN3CCCC13)CCC2. The molecular weight excluding hydrogens is 260 g/mol. The van der Waals surface area contributed by atoms with Crippen LogP contribution in [0.1, 0.15) is 49.3 Å². The molecule has 1 aromatic carbocycles. The zero-order valence-corrected chi connectivity index (χ0v) is 13.0. The van der Waals surface area contributed by atoms with Gasteiger partial charge in [-0.3, -0.25) is 4.90 Å². The summed E-state index contributed by atoms with van der Waals surface area (Å²) in [5.74, 6) is 0.997. The number of fused-ring (bicyclic) bond motifs is 2. The number of hydrogen-bond acceptors (Lipinski definition) is 3. The maximum Gasteiger partial charge on any atom is 0.119 e. The monoisotopic (exact) mass is 286 g/mol. The van der Waals surface area contributed by atoms with Crippen molar-refractivity contribution in [2.45, 2.75) is 56.7 Å². The van der Waals surface area contributed by atoms with Crippen LogP contribution in [0.3, 0.4) is 0 Å². The van der Waals surface area contributed by atoms with Gasteiger partial charge in [0.15, 0.2) is 0 Å². The highest BCUT2D eigenvalue weighted by atomic mass is 16.5. The third-order valence-electron chi connectivity index (χ3n) is 5.69. The largest absolute Gasteiger partial charge is 0.497 e. The third kappa shape index (κ3) is 2.47. The lowest BCUT2D eigenvalue weighted by molar-refractivity contribution is 0.283. The summed E-state index contributed by atoms with van der Waals surface area (Å²) in [7, 11) is 1.76. The number of aryl methyl sites for hydroxylation is 1. The summed E-state index contributed by atoms with van der Waals surface area (Å²) >= 11 is 0. The molecule has 3 unspecified atom stereocenters. The molecule has 1 aromatic rings. The van der Waals surface area contributed by atoms with Gasteiger partial charge in [-0.25, -0.2) is 0 Å². The zero-order valence-electron chi connectivity index (χ0n) is 13.0. The third-order valence-corrected chi connectivity index (χ3v) is 5.69. The molecule has 0 radical (unpaired) electrons. The molecule has 1 N–H and O–H groups in total. The summed E-state index contributed by atoms with van der Waals surface area (Å²) < 4.78 is 5.43. The van der Waals surface area contributed by atoms with E-state index in [1.54, 1.807) is 7.11 Å². The van der Waals surface area contributed by atoms with Crippen molar-refractivity contribution in [2.24, 2.45) is 0 Å². The molecule has 114 valence electrons. The number of methoxy groups -OCH3 is 1. The average molecular weight is 286 g/mol. The van der Waals surface area contributed by atoms with Crippen LogP contribution in [0.5, 0.6) is 5.75 Å². The first-order valence-corrected chi connectivity index (χ1v) is 8.52. The highest BCUT2D eigenvalue weighted by Crippen LogP contribution is 2.35. The van der Waals surface area contributed by atoms with Crippen LogP contribution in [0.25, 0.3) is 0 Å². The van der Waals surface area contributed by atoms with Crippen molar-refractivity contribution < 1.29 is 4.74 Å². The molecule has 3 heteroatoms. The van der Waals surface area contributed by atoms with Crippen molar-refractivity contribution in [3.63, 3.8) is 0 Å². The smallest absolute Gasteiger partial charge is 0.119 e. The Labute approximate surface area is 127 Å².